The van der Waals surface area contributed by atoms with Gasteiger partial charge in [-0.15, -0.1) is 0 Å². The first-order valence-electron chi connectivity index (χ1n) is 4.73. The van der Waals surface area contributed by atoms with Crippen LogP contribution in [0.5, 0.6) is 0 Å². The molecule has 0 saturated carbocycles. The molecule has 0 radical (unpaired) electrons. The van der Waals surface area contributed by atoms with Crippen LogP contribution >= 0.6 is 0 Å². The largest absolute Gasteiger partial charge is 0.378 e. The summed E-state index contributed by atoms with van der Waals surface area (Å²) < 4.78 is 5.22. The van der Waals surface area contributed by atoms with E-state index in [4.69, 9.17) is 4.74 Å². The Hall–Kier alpha value is -1.42. The summed E-state index contributed by atoms with van der Waals surface area (Å²) in [5.41, 5.74) is 0.888. The lowest BCUT2D eigenvalue weighted by Crippen LogP contribution is -2.32. The van der Waals surface area contributed by atoms with Gasteiger partial charge in [-0.1, -0.05) is 6.07 Å². The molecule has 0 atom stereocenters. The lowest BCUT2D eigenvalue weighted by molar-refractivity contribution is 0.0396. The van der Waals surface area contributed by atoms with E-state index in [1.54, 1.807) is 12.4 Å². The maximum atomic E-state index is 5.22. The van der Waals surface area contributed by atoms with E-state index in [-0.39, 0.29) is 0 Å². The molecule has 1 aliphatic rings. The number of nitrogens with zero attached hydrogens (tertiary/aromatic N) is 3. The van der Waals surface area contributed by atoms with Gasteiger partial charge in [-0.2, -0.15) is 5.10 Å². The molecule has 0 aromatic carbocycles. The second kappa shape index (κ2) is 4.72. The van der Waals surface area contributed by atoms with Crippen LogP contribution in [0, 0.1) is 0 Å². The van der Waals surface area contributed by atoms with Crippen LogP contribution in [0.1, 0.15) is 5.69 Å². The smallest absolute Gasteiger partial charge is 0.0830 e. The Morgan fingerprint density at radius 3 is 2.93 bits per heavy atom. The Kier molecular flexibility index (Phi) is 3.08. The summed E-state index contributed by atoms with van der Waals surface area (Å²) in [5, 5.41) is 6.32. The van der Waals surface area contributed by atoms with Crippen molar-refractivity contribution < 1.29 is 4.74 Å². The fraction of sp³-hybridized carbons (Fsp3) is 0.400. The summed E-state index contributed by atoms with van der Waals surface area (Å²) in [4.78, 5) is 4.16. The first-order valence-corrected chi connectivity index (χ1v) is 4.73. The second-order valence-electron chi connectivity index (χ2n) is 3.07. The normalized spacial score (nSPS) is 17.6. The molecule has 0 aliphatic carbocycles. The van der Waals surface area contributed by atoms with Crippen molar-refractivity contribution in [1.82, 2.24) is 9.99 Å². The third-order valence-corrected chi connectivity index (χ3v) is 2.03. The number of hydrogen-bond donors (Lipinski definition) is 0. The van der Waals surface area contributed by atoms with Gasteiger partial charge in [0.15, 0.2) is 0 Å². The summed E-state index contributed by atoms with van der Waals surface area (Å²) in [7, 11) is 0. The standard InChI is InChI=1S/C10H13N3O/c1-2-4-11-10(3-1)9-12-13-5-7-14-8-6-13/h1-4,9H,5-8H2. The van der Waals surface area contributed by atoms with Gasteiger partial charge in [-0.25, -0.2) is 0 Å². The molecule has 0 unspecified atom stereocenters. The molecule has 2 heterocycles. The van der Waals surface area contributed by atoms with Crippen molar-refractivity contribution >= 4 is 6.21 Å². The van der Waals surface area contributed by atoms with Crippen LogP contribution in [-0.4, -0.2) is 42.5 Å². The zero-order valence-corrected chi connectivity index (χ0v) is 7.97. The van der Waals surface area contributed by atoms with Crippen molar-refractivity contribution in [2.24, 2.45) is 5.10 Å². The van der Waals surface area contributed by atoms with E-state index in [1.165, 1.54) is 0 Å². The molecule has 4 nitrogen and oxygen atoms in total. The van der Waals surface area contributed by atoms with Crippen molar-refractivity contribution in [3.8, 4) is 0 Å². The van der Waals surface area contributed by atoms with Gasteiger partial charge in [-0.3, -0.25) is 9.99 Å². The molecular formula is C10H13N3O. The van der Waals surface area contributed by atoms with Gasteiger partial charge in [0.25, 0.3) is 0 Å². The summed E-state index contributed by atoms with van der Waals surface area (Å²) >= 11 is 0. The van der Waals surface area contributed by atoms with Crippen molar-refractivity contribution in [2.75, 3.05) is 26.3 Å². The van der Waals surface area contributed by atoms with Gasteiger partial charge in [0, 0.05) is 6.20 Å². The number of morpholine rings is 1. The van der Waals surface area contributed by atoms with E-state index in [9.17, 15) is 0 Å². The number of pyridine rings is 1. The summed E-state index contributed by atoms with van der Waals surface area (Å²) in [5.74, 6) is 0. The number of aromatic nitrogens is 1. The number of hydrogen-bond acceptors (Lipinski definition) is 4. The molecule has 2 rings (SSSR count). The van der Waals surface area contributed by atoms with E-state index in [1.807, 2.05) is 23.2 Å². The average Bonchev–Trinajstić information content (AvgIpc) is 2.29. The topological polar surface area (TPSA) is 37.7 Å². The second-order valence-corrected chi connectivity index (χ2v) is 3.07. The van der Waals surface area contributed by atoms with E-state index in [2.05, 4.69) is 10.1 Å². The molecule has 0 N–H and O–H groups in total. The van der Waals surface area contributed by atoms with Crippen molar-refractivity contribution in [1.29, 1.82) is 0 Å². The maximum absolute atomic E-state index is 5.22. The Bertz CT molecular complexity index is 293. The highest BCUT2D eigenvalue weighted by Crippen LogP contribution is 1.97. The third-order valence-electron chi connectivity index (χ3n) is 2.03. The minimum absolute atomic E-state index is 0.763. The van der Waals surface area contributed by atoms with Crippen LogP contribution in [-0.2, 0) is 4.74 Å². The van der Waals surface area contributed by atoms with Crippen LogP contribution in [0.2, 0.25) is 0 Å². The van der Waals surface area contributed by atoms with E-state index in [0.717, 1.165) is 32.0 Å². The van der Waals surface area contributed by atoms with Gasteiger partial charge >= 0.3 is 0 Å². The van der Waals surface area contributed by atoms with Crippen LogP contribution in [0.25, 0.3) is 0 Å². The molecule has 1 aromatic rings. The lowest BCUT2D eigenvalue weighted by Gasteiger charge is -2.23. The molecule has 1 saturated heterocycles. The molecule has 1 aliphatic heterocycles. The van der Waals surface area contributed by atoms with Crippen LogP contribution in [0.3, 0.4) is 0 Å². The minimum atomic E-state index is 0.763. The summed E-state index contributed by atoms with van der Waals surface area (Å²) in [6, 6.07) is 5.78. The lowest BCUT2D eigenvalue weighted by atomic mass is 10.4. The first-order chi connectivity index (χ1) is 6.95. The number of rotatable bonds is 2. The van der Waals surface area contributed by atoms with Gasteiger partial charge in [-0.05, 0) is 12.1 Å². The van der Waals surface area contributed by atoms with E-state index >= 15 is 0 Å². The van der Waals surface area contributed by atoms with Crippen LogP contribution in [0.15, 0.2) is 29.5 Å². The van der Waals surface area contributed by atoms with Crippen molar-refractivity contribution in [2.45, 2.75) is 0 Å². The fourth-order valence-corrected chi connectivity index (χ4v) is 1.26. The molecule has 1 aromatic heterocycles. The minimum Gasteiger partial charge on any atom is -0.378 e. The molecule has 4 heteroatoms. The Balaban J connectivity index is 1.93. The molecule has 74 valence electrons. The molecule has 14 heavy (non-hydrogen) atoms. The van der Waals surface area contributed by atoms with Gasteiger partial charge < -0.3 is 4.74 Å². The molecule has 0 amide bonds. The average molecular weight is 191 g/mol. The Morgan fingerprint density at radius 2 is 2.21 bits per heavy atom. The monoisotopic (exact) mass is 191 g/mol. The fourth-order valence-electron chi connectivity index (χ4n) is 1.26. The molecular weight excluding hydrogens is 178 g/mol. The van der Waals surface area contributed by atoms with Crippen molar-refractivity contribution in [3.63, 3.8) is 0 Å². The Labute approximate surface area is 83.2 Å². The highest BCUT2D eigenvalue weighted by atomic mass is 16.5. The van der Waals surface area contributed by atoms with Crippen LogP contribution in [0.4, 0.5) is 0 Å². The molecule has 1 fully saturated rings. The predicted molar refractivity (Wildman–Crippen MR) is 54.2 cm³/mol. The highest BCUT2D eigenvalue weighted by Gasteiger charge is 2.05. The molecule has 0 spiro atoms. The third kappa shape index (κ3) is 2.53. The SMILES string of the molecule is C(=NN1CCOCC1)c1ccccn1. The van der Waals surface area contributed by atoms with Gasteiger partial charge in [0.05, 0.1) is 38.2 Å². The number of hydrazone groups is 1. The zero-order valence-electron chi connectivity index (χ0n) is 7.97. The molecule has 0 bridgehead atoms. The van der Waals surface area contributed by atoms with Crippen LogP contribution < -0.4 is 0 Å². The maximum Gasteiger partial charge on any atom is 0.0830 e. The first kappa shape index (κ1) is 9.15. The summed E-state index contributed by atoms with van der Waals surface area (Å²) in [6.45, 7) is 3.26. The highest BCUT2D eigenvalue weighted by molar-refractivity contribution is 5.76. The van der Waals surface area contributed by atoms with Crippen molar-refractivity contribution in [3.05, 3.63) is 30.1 Å². The van der Waals surface area contributed by atoms with E-state index < -0.39 is 0 Å². The predicted octanol–water partition coefficient (Wildman–Crippen LogP) is 0.748. The quantitative estimate of drug-likeness (QED) is 0.647. The van der Waals surface area contributed by atoms with E-state index in [0.29, 0.717) is 0 Å². The Morgan fingerprint density at radius 1 is 1.36 bits per heavy atom. The zero-order chi connectivity index (χ0) is 9.64. The van der Waals surface area contributed by atoms with Gasteiger partial charge in [0.1, 0.15) is 0 Å². The summed E-state index contributed by atoms with van der Waals surface area (Å²) in [6.07, 6.45) is 3.55. The number of ether oxygens (including phenoxy) is 1. The van der Waals surface area contributed by atoms with Gasteiger partial charge in [0.2, 0.25) is 0 Å².